The summed E-state index contributed by atoms with van der Waals surface area (Å²) in [5.74, 6) is 0. The number of nitrogens with one attached hydrogen (secondary N) is 1. The summed E-state index contributed by atoms with van der Waals surface area (Å²) < 4.78 is 48.1. The van der Waals surface area contributed by atoms with Crippen LogP contribution in [0.2, 0.25) is 0 Å². The molecule has 0 heterocycles. The smallest absolute Gasteiger partial charge is 0.382 e. The van der Waals surface area contributed by atoms with Crippen molar-refractivity contribution in [2.75, 3.05) is 34.0 Å². The molecular formula is C14H20F3NO2. The van der Waals surface area contributed by atoms with Crippen molar-refractivity contribution in [1.82, 2.24) is 5.32 Å². The minimum Gasteiger partial charge on any atom is -0.382 e. The van der Waals surface area contributed by atoms with Gasteiger partial charge in [-0.2, -0.15) is 13.2 Å². The summed E-state index contributed by atoms with van der Waals surface area (Å²) in [6, 6.07) is 5.34. The molecule has 0 aliphatic rings. The molecule has 0 fully saturated rings. The maximum absolute atomic E-state index is 12.6. The Balaban J connectivity index is 2.56. The molecule has 3 nitrogen and oxygen atoms in total. The molecule has 0 aliphatic heterocycles. The first kappa shape index (κ1) is 16.9. The number of ether oxygens (including phenoxy) is 2. The maximum atomic E-state index is 12.6. The Hall–Kier alpha value is -1.11. The lowest BCUT2D eigenvalue weighted by molar-refractivity contribution is -0.137. The molecule has 0 aliphatic carbocycles. The van der Waals surface area contributed by atoms with Gasteiger partial charge in [0.05, 0.1) is 25.4 Å². The third-order valence-electron chi connectivity index (χ3n) is 2.90. The number of rotatable bonds is 8. The number of hydrogen-bond donors (Lipinski definition) is 1. The van der Waals surface area contributed by atoms with Gasteiger partial charge < -0.3 is 14.8 Å². The van der Waals surface area contributed by atoms with E-state index in [1.54, 1.807) is 20.2 Å². The standard InChI is InChI=1S/C14H20F3NO2/c1-18-13(10-20-7-6-19-2)9-11-4-3-5-12(8-11)14(15,16)17/h3-5,8,13,18H,6-7,9-10H2,1-2H3. The highest BCUT2D eigenvalue weighted by molar-refractivity contribution is 5.26. The molecule has 0 radical (unpaired) electrons. The lowest BCUT2D eigenvalue weighted by Crippen LogP contribution is -2.33. The fourth-order valence-corrected chi connectivity index (χ4v) is 1.77. The second-order valence-corrected chi connectivity index (χ2v) is 4.46. The SMILES string of the molecule is CNC(COCCOC)Cc1cccc(C(F)(F)F)c1. The van der Waals surface area contributed by atoms with Crippen LogP contribution in [-0.2, 0) is 22.1 Å². The summed E-state index contributed by atoms with van der Waals surface area (Å²) >= 11 is 0. The predicted octanol–water partition coefficient (Wildman–Crippen LogP) is 2.50. The van der Waals surface area contributed by atoms with Gasteiger partial charge in [-0.15, -0.1) is 0 Å². The van der Waals surface area contributed by atoms with Gasteiger partial charge in [0.25, 0.3) is 0 Å². The van der Waals surface area contributed by atoms with Crippen LogP contribution in [0.25, 0.3) is 0 Å². The molecule has 0 bridgehead atoms. The Morgan fingerprint density at radius 3 is 2.60 bits per heavy atom. The lowest BCUT2D eigenvalue weighted by atomic mass is 10.0. The fraction of sp³-hybridized carbons (Fsp3) is 0.571. The third-order valence-corrected chi connectivity index (χ3v) is 2.90. The molecule has 0 spiro atoms. The molecule has 114 valence electrons. The van der Waals surface area contributed by atoms with Crippen molar-refractivity contribution < 1.29 is 22.6 Å². The molecule has 0 saturated heterocycles. The first-order valence-corrected chi connectivity index (χ1v) is 6.37. The largest absolute Gasteiger partial charge is 0.416 e. The second-order valence-electron chi connectivity index (χ2n) is 4.46. The van der Waals surface area contributed by atoms with Gasteiger partial charge in [-0.25, -0.2) is 0 Å². The number of alkyl halides is 3. The lowest BCUT2D eigenvalue weighted by Gasteiger charge is -2.17. The zero-order valence-electron chi connectivity index (χ0n) is 11.7. The van der Waals surface area contributed by atoms with Crippen LogP contribution in [0.5, 0.6) is 0 Å². The van der Waals surface area contributed by atoms with Gasteiger partial charge in [0.15, 0.2) is 0 Å². The van der Waals surface area contributed by atoms with Crippen LogP contribution in [0.3, 0.4) is 0 Å². The van der Waals surface area contributed by atoms with Crippen molar-refractivity contribution in [3.8, 4) is 0 Å². The number of benzene rings is 1. The summed E-state index contributed by atoms with van der Waals surface area (Å²) in [6.45, 7) is 1.40. The molecule has 0 aromatic heterocycles. The molecule has 1 N–H and O–H groups in total. The molecule has 1 aromatic carbocycles. The van der Waals surface area contributed by atoms with Gasteiger partial charge in [0.2, 0.25) is 0 Å². The van der Waals surface area contributed by atoms with E-state index in [2.05, 4.69) is 5.32 Å². The van der Waals surface area contributed by atoms with E-state index in [0.29, 0.717) is 31.8 Å². The monoisotopic (exact) mass is 291 g/mol. The van der Waals surface area contributed by atoms with Crippen LogP contribution in [0.15, 0.2) is 24.3 Å². The van der Waals surface area contributed by atoms with Crippen molar-refractivity contribution >= 4 is 0 Å². The highest BCUT2D eigenvalue weighted by atomic mass is 19.4. The van der Waals surface area contributed by atoms with Crippen molar-refractivity contribution in [2.45, 2.75) is 18.6 Å². The average molecular weight is 291 g/mol. The van der Waals surface area contributed by atoms with E-state index in [9.17, 15) is 13.2 Å². The normalized spacial score (nSPS) is 13.4. The van der Waals surface area contributed by atoms with E-state index >= 15 is 0 Å². The highest BCUT2D eigenvalue weighted by Gasteiger charge is 2.30. The van der Waals surface area contributed by atoms with E-state index in [4.69, 9.17) is 9.47 Å². The Labute approximate surface area is 117 Å². The van der Waals surface area contributed by atoms with Crippen LogP contribution in [0.4, 0.5) is 13.2 Å². The first-order chi connectivity index (χ1) is 9.47. The molecule has 0 saturated carbocycles. The Bertz CT molecular complexity index is 396. The van der Waals surface area contributed by atoms with E-state index in [1.807, 2.05) is 0 Å². The number of methoxy groups -OCH3 is 1. The quantitative estimate of drug-likeness (QED) is 0.747. The van der Waals surface area contributed by atoms with Crippen LogP contribution in [-0.4, -0.2) is 40.0 Å². The van der Waals surface area contributed by atoms with Crippen LogP contribution >= 0.6 is 0 Å². The third kappa shape index (κ3) is 5.90. The first-order valence-electron chi connectivity index (χ1n) is 6.37. The molecular weight excluding hydrogens is 271 g/mol. The Kier molecular flexibility index (Phi) is 6.98. The van der Waals surface area contributed by atoms with Gasteiger partial charge in [-0.1, -0.05) is 18.2 Å². The van der Waals surface area contributed by atoms with Crippen molar-refractivity contribution in [2.24, 2.45) is 0 Å². The number of hydrogen-bond acceptors (Lipinski definition) is 3. The zero-order chi connectivity index (χ0) is 15.0. The van der Waals surface area contributed by atoms with E-state index in [-0.39, 0.29) is 6.04 Å². The van der Waals surface area contributed by atoms with Gasteiger partial charge in [-0.05, 0) is 25.1 Å². The molecule has 1 atom stereocenters. The van der Waals surface area contributed by atoms with Gasteiger partial charge in [0.1, 0.15) is 0 Å². The van der Waals surface area contributed by atoms with Crippen molar-refractivity contribution in [3.05, 3.63) is 35.4 Å². The van der Waals surface area contributed by atoms with Crippen molar-refractivity contribution in [3.63, 3.8) is 0 Å². The molecule has 20 heavy (non-hydrogen) atoms. The molecule has 6 heteroatoms. The number of likely N-dealkylation sites (N-methyl/N-ethyl adjacent to an activating group) is 1. The van der Waals surface area contributed by atoms with Crippen LogP contribution in [0.1, 0.15) is 11.1 Å². The molecule has 1 unspecified atom stereocenters. The van der Waals surface area contributed by atoms with Crippen molar-refractivity contribution in [1.29, 1.82) is 0 Å². The summed E-state index contributed by atoms with van der Waals surface area (Å²) in [7, 11) is 3.35. The van der Waals surface area contributed by atoms with E-state index in [1.165, 1.54) is 12.1 Å². The number of halogens is 3. The molecule has 1 aromatic rings. The summed E-state index contributed by atoms with van der Waals surface area (Å²) in [5.41, 5.74) is 0.0136. The van der Waals surface area contributed by atoms with Crippen LogP contribution < -0.4 is 5.32 Å². The van der Waals surface area contributed by atoms with Gasteiger partial charge in [0, 0.05) is 13.2 Å². The van der Waals surface area contributed by atoms with Gasteiger partial charge in [-0.3, -0.25) is 0 Å². The van der Waals surface area contributed by atoms with Crippen LogP contribution in [0, 0.1) is 0 Å². The van der Waals surface area contributed by atoms with E-state index < -0.39 is 11.7 Å². The predicted molar refractivity (Wildman–Crippen MR) is 70.7 cm³/mol. The Morgan fingerprint density at radius 1 is 1.25 bits per heavy atom. The molecule has 0 amide bonds. The summed E-state index contributed by atoms with van der Waals surface area (Å²) in [5, 5.41) is 3.04. The topological polar surface area (TPSA) is 30.5 Å². The zero-order valence-corrected chi connectivity index (χ0v) is 11.7. The average Bonchev–Trinajstić information content (AvgIpc) is 2.41. The van der Waals surface area contributed by atoms with Gasteiger partial charge >= 0.3 is 6.18 Å². The maximum Gasteiger partial charge on any atom is 0.416 e. The second kappa shape index (κ2) is 8.24. The highest BCUT2D eigenvalue weighted by Crippen LogP contribution is 2.29. The summed E-state index contributed by atoms with van der Waals surface area (Å²) in [4.78, 5) is 0. The summed E-state index contributed by atoms with van der Waals surface area (Å²) in [6.07, 6.45) is -3.83. The fourth-order valence-electron chi connectivity index (χ4n) is 1.77. The molecule has 1 rings (SSSR count). The minimum atomic E-state index is -4.31. The van der Waals surface area contributed by atoms with E-state index in [0.717, 1.165) is 6.07 Å². The Morgan fingerprint density at radius 2 is 2.00 bits per heavy atom. The minimum absolute atomic E-state index is 0.0321.